The number of aromatic amines is 1. The van der Waals surface area contributed by atoms with Gasteiger partial charge in [0, 0.05) is 27.4 Å². The van der Waals surface area contributed by atoms with Crippen molar-refractivity contribution in [2.45, 2.75) is 69.6 Å². The predicted octanol–water partition coefficient (Wildman–Crippen LogP) is 2.80. The van der Waals surface area contributed by atoms with Gasteiger partial charge in [0.15, 0.2) is 11.6 Å². The monoisotopic (exact) mass is 447 g/mol. The van der Waals surface area contributed by atoms with Crippen molar-refractivity contribution in [1.29, 1.82) is 0 Å². The van der Waals surface area contributed by atoms with E-state index in [9.17, 15) is 19.8 Å². The highest BCUT2D eigenvalue weighted by Gasteiger charge is 2.42. The molecule has 0 amide bonds. The zero-order valence-electron chi connectivity index (χ0n) is 17.2. The Bertz CT molecular complexity index is 1190. The number of nitrogens with one attached hydrogen (secondary N) is 1. The number of aromatic nitrogens is 2. The van der Waals surface area contributed by atoms with Crippen LogP contribution in [-0.2, 0) is 12.8 Å². The molecule has 2 heterocycles. The maximum Gasteiger partial charge on any atom is 0.328 e. The molecule has 2 aromatic rings. The lowest BCUT2D eigenvalue weighted by molar-refractivity contribution is 0.144. The number of allylic oxidation sites excluding steroid dienone is 1. The number of halogens is 1. The normalized spacial score (nSPS) is 26.5. The number of aliphatic hydroxyl groups is 2. The van der Waals surface area contributed by atoms with Gasteiger partial charge in [0.1, 0.15) is 11.8 Å². The second-order valence-electron chi connectivity index (χ2n) is 9.09. The number of H-pyrrole nitrogens is 1. The molecule has 0 saturated heterocycles. The summed E-state index contributed by atoms with van der Waals surface area (Å²) in [4.78, 5) is 29.2. The van der Waals surface area contributed by atoms with Gasteiger partial charge in [0.25, 0.3) is 5.56 Å². The molecule has 5 rings (SSSR count). The number of thiophene rings is 1. The van der Waals surface area contributed by atoms with E-state index >= 15 is 4.39 Å². The standard InChI is InChI=1S/C22H26FN3O4S/c1-9-16(14-8-11-6-10(7-15(24)27)2-5-13(11)31-14)18(23)20(28)17-19(9)26(12-3-4-12)22(30)25-21(17)29/h8-10,12,15-16,27-28H,2-7,24H2,1H3,(H,25,29,30). The van der Waals surface area contributed by atoms with E-state index in [0.29, 0.717) is 12.1 Å². The maximum atomic E-state index is 15.4. The minimum absolute atomic E-state index is 0.0184. The number of nitrogens with two attached hydrogens (primary N) is 1. The molecule has 5 N–H and O–H groups in total. The summed E-state index contributed by atoms with van der Waals surface area (Å²) in [5, 5.41) is 20.2. The third kappa shape index (κ3) is 3.39. The number of fused-ring (bicyclic) bond motifs is 2. The lowest BCUT2D eigenvalue weighted by atomic mass is 9.80. The van der Waals surface area contributed by atoms with Crippen LogP contribution < -0.4 is 17.0 Å². The molecule has 0 aromatic carbocycles. The van der Waals surface area contributed by atoms with Gasteiger partial charge in [-0.1, -0.05) is 6.92 Å². The van der Waals surface area contributed by atoms with Gasteiger partial charge in [-0.25, -0.2) is 9.18 Å². The molecule has 9 heteroatoms. The van der Waals surface area contributed by atoms with Crippen LogP contribution in [-0.4, -0.2) is 26.0 Å². The average Bonchev–Trinajstić information content (AvgIpc) is 3.44. The first-order valence-corrected chi connectivity index (χ1v) is 11.6. The van der Waals surface area contributed by atoms with Gasteiger partial charge >= 0.3 is 5.69 Å². The smallest absolute Gasteiger partial charge is 0.328 e. The van der Waals surface area contributed by atoms with Crippen LogP contribution in [0.3, 0.4) is 0 Å². The first-order chi connectivity index (χ1) is 14.8. The van der Waals surface area contributed by atoms with Crippen molar-refractivity contribution in [2.75, 3.05) is 0 Å². The van der Waals surface area contributed by atoms with Crippen LogP contribution >= 0.6 is 11.3 Å². The lowest BCUT2D eigenvalue weighted by Crippen LogP contribution is -2.38. The van der Waals surface area contributed by atoms with E-state index < -0.39 is 40.9 Å². The highest BCUT2D eigenvalue weighted by molar-refractivity contribution is 7.12. The maximum absolute atomic E-state index is 15.4. The van der Waals surface area contributed by atoms with Crippen molar-refractivity contribution in [2.24, 2.45) is 11.7 Å². The zero-order valence-corrected chi connectivity index (χ0v) is 18.0. The van der Waals surface area contributed by atoms with Crippen molar-refractivity contribution < 1.29 is 14.6 Å². The Kier molecular flexibility index (Phi) is 4.95. The molecule has 0 spiro atoms. The van der Waals surface area contributed by atoms with E-state index in [2.05, 4.69) is 4.98 Å². The summed E-state index contributed by atoms with van der Waals surface area (Å²) >= 11 is 1.53. The van der Waals surface area contributed by atoms with Crippen molar-refractivity contribution in [3.63, 3.8) is 0 Å². The summed E-state index contributed by atoms with van der Waals surface area (Å²) < 4.78 is 17.0. The zero-order chi connectivity index (χ0) is 22.0. The topological polar surface area (TPSA) is 121 Å². The summed E-state index contributed by atoms with van der Waals surface area (Å²) in [7, 11) is 0. The van der Waals surface area contributed by atoms with E-state index in [0.717, 1.165) is 42.5 Å². The van der Waals surface area contributed by atoms with Crippen LogP contribution in [0.25, 0.3) is 5.76 Å². The summed E-state index contributed by atoms with van der Waals surface area (Å²) in [5.74, 6) is -2.31. The Morgan fingerprint density at radius 1 is 1.35 bits per heavy atom. The average molecular weight is 448 g/mol. The number of aliphatic hydroxyl groups excluding tert-OH is 2. The molecule has 31 heavy (non-hydrogen) atoms. The van der Waals surface area contributed by atoms with Gasteiger partial charge in [0.2, 0.25) is 0 Å². The molecule has 1 fully saturated rings. The number of hydrogen-bond acceptors (Lipinski definition) is 6. The molecule has 4 atom stereocenters. The molecule has 3 aliphatic carbocycles. The molecule has 2 aromatic heterocycles. The van der Waals surface area contributed by atoms with E-state index in [1.54, 1.807) is 4.57 Å². The van der Waals surface area contributed by atoms with E-state index in [1.807, 2.05) is 13.0 Å². The Morgan fingerprint density at radius 2 is 2.10 bits per heavy atom. The number of hydrogen-bond donors (Lipinski definition) is 4. The van der Waals surface area contributed by atoms with Crippen LogP contribution in [0.5, 0.6) is 0 Å². The molecule has 0 bridgehead atoms. The van der Waals surface area contributed by atoms with Crippen LogP contribution in [0.4, 0.5) is 4.39 Å². The molecular formula is C22H26FN3O4S. The molecular weight excluding hydrogens is 421 g/mol. The number of nitrogens with zero attached hydrogens (tertiary/aromatic N) is 1. The second kappa shape index (κ2) is 7.43. The van der Waals surface area contributed by atoms with Gasteiger partial charge in [-0.05, 0) is 56.1 Å². The summed E-state index contributed by atoms with van der Waals surface area (Å²) in [6.07, 6.45) is 3.89. The highest BCUT2D eigenvalue weighted by Crippen LogP contribution is 2.51. The fraction of sp³-hybridized carbons (Fsp3) is 0.545. The van der Waals surface area contributed by atoms with Gasteiger partial charge in [-0.15, -0.1) is 11.3 Å². The van der Waals surface area contributed by atoms with Gasteiger partial charge in [-0.2, -0.15) is 0 Å². The van der Waals surface area contributed by atoms with Crippen LogP contribution in [0.15, 0.2) is 21.5 Å². The van der Waals surface area contributed by atoms with Crippen molar-refractivity contribution in [3.05, 3.63) is 59.3 Å². The minimum Gasteiger partial charge on any atom is -0.504 e. The van der Waals surface area contributed by atoms with Crippen molar-refractivity contribution in [1.82, 2.24) is 9.55 Å². The van der Waals surface area contributed by atoms with E-state index in [-0.39, 0.29) is 17.5 Å². The van der Waals surface area contributed by atoms with Crippen LogP contribution in [0.2, 0.25) is 0 Å². The molecule has 0 aliphatic heterocycles. The molecule has 4 unspecified atom stereocenters. The summed E-state index contributed by atoms with van der Waals surface area (Å²) in [6.45, 7) is 1.82. The molecule has 1 saturated carbocycles. The van der Waals surface area contributed by atoms with Crippen LogP contribution in [0.1, 0.15) is 77.1 Å². The van der Waals surface area contributed by atoms with Crippen LogP contribution in [0, 0.1) is 5.92 Å². The highest BCUT2D eigenvalue weighted by atomic mass is 32.1. The molecule has 0 radical (unpaired) electrons. The van der Waals surface area contributed by atoms with Gasteiger partial charge in [0.05, 0.1) is 5.92 Å². The van der Waals surface area contributed by atoms with Crippen molar-refractivity contribution >= 4 is 17.1 Å². The third-order valence-electron chi connectivity index (χ3n) is 6.85. The minimum atomic E-state index is -0.839. The molecule has 3 aliphatic rings. The second-order valence-corrected chi connectivity index (χ2v) is 10.3. The number of rotatable bonds is 4. The fourth-order valence-corrected chi connectivity index (χ4v) is 6.68. The Hall–Kier alpha value is -2.23. The fourth-order valence-electron chi connectivity index (χ4n) is 5.27. The third-order valence-corrected chi connectivity index (χ3v) is 8.17. The first-order valence-electron chi connectivity index (χ1n) is 10.8. The Labute approximate surface area is 182 Å². The molecule has 166 valence electrons. The largest absolute Gasteiger partial charge is 0.504 e. The molecule has 7 nitrogen and oxygen atoms in total. The Morgan fingerprint density at radius 3 is 2.77 bits per heavy atom. The van der Waals surface area contributed by atoms with Crippen molar-refractivity contribution in [3.8, 4) is 0 Å². The lowest BCUT2D eigenvalue weighted by Gasteiger charge is -2.31. The van der Waals surface area contributed by atoms with Gasteiger partial charge < -0.3 is 15.9 Å². The quantitative estimate of drug-likeness (QED) is 0.537. The first kappa shape index (κ1) is 20.7. The van der Waals surface area contributed by atoms with E-state index in [4.69, 9.17) is 5.73 Å². The van der Waals surface area contributed by atoms with Gasteiger partial charge in [-0.3, -0.25) is 14.3 Å². The summed E-state index contributed by atoms with van der Waals surface area (Å²) in [6, 6.07) is 1.97. The summed E-state index contributed by atoms with van der Waals surface area (Å²) in [5.41, 5.74) is 5.74. The number of aryl methyl sites for hydroxylation is 1. The Balaban J connectivity index is 1.58. The predicted molar refractivity (Wildman–Crippen MR) is 116 cm³/mol. The van der Waals surface area contributed by atoms with E-state index in [1.165, 1.54) is 16.2 Å². The SMILES string of the molecule is CC1c2c(c(=O)[nH]c(=O)n2C2CC2)C(O)=C(F)C1c1cc2c(s1)CCC(CC(N)O)C2.